The van der Waals surface area contributed by atoms with Crippen LogP contribution < -0.4 is 4.90 Å². The first kappa shape index (κ1) is 13.8. The van der Waals surface area contributed by atoms with Gasteiger partial charge in [-0.3, -0.25) is 4.79 Å². The molecular formula is C14H21N3O2. The third-order valence-corrected chi connectivity index (χ3v) is 3.59. The lowest BCUT2D eigenvalue weighted by atomic mass is 10.1. The van der Waals surface area contributed by atoms with Crippen molar-refractivity contribution in [3.8, 4) is 0 Å². The largest absolute Gasteiger partial charge is 0.388 e. The molecule has 1 atom stereocenters. The van der Waals surface area contributed by atoms with Crippen LogP contribution in [0.1, 0.15) is 31.9 Å². The van der Waals surface area contributed by atoms with Crippen molar-refractivity contribution in [1.82, 2.24) is 9.88 Å². The molecule has 0 saturated carbocycles. The molecule has 1 aromatic heterocycles. The van der Waals surface area contributed by atoms with Gasteiger partial charge in [-0.2, -0.15) is 0 Å². The van der Waals surface area contributed by atoms with Crippen LogP contribution in [0.2, 0.25) is 0 Å². The van der Waals surface area contributed by atoms with Crippen molar-refractivity contribution in [1.29, 1.82) is 0 Å². The fourth-order valence-corrected chi connectivity index (χ4v) is 2.27. The topological polar surface area (TPSA) is 56.7 Å². The Kier molecular flexibility index (Phi) is 4.37. The highest BCUT2D eigenvalue weighted by atomic mass is 16.3. The highest BCUT2D eigenvalue weighted by Crippen LogP contribution is 2.19. The highest BCUT2D eigenvalue weighted by Gasteiger charge is 2.19. The van der Waals surface area contributed by atoms with Gasteiger partial charge in [0.05, 0.1) is 6.10 Å². The molecule has 0 bridgehead atoms. The number of nitrogens with zero attached hydrogens (tertiary/aromatic N) is 3. The van der Waals surface area contributed by atoms with Gasteiger partial charge in [0.15, 0.2) is 0 Å². The second kappa shape index (κ2) is 6.02. The van der Waals surface area contributed by atoms with E-state index in [4.69, 9.17) is 0 Å². The van der Waals surface area contributed by atoms with Gasteiger partial charge in [0.25, 0.3) is 0 Å². The Balaban J connectivity index is 1.98. The number of anilines is 1. The van der Waals surface area contributed by atoms with Crippen molar-refractivity contribution in [3.63, 3.8) is 0 Å². The lowest BCUT2D eigenvalue weighted by molar-refractivity contribution is -0.129. The Labute approximate surface area is 113 Å². The number of rotatable bonds is 3. The average Bonchev–Trinajstić information content (AvgIpc) is 2.46. The van der Waals surface area contributed by atoms with E-state index in [9.17, 15) is 9.90 Å². The van der Waals surface area contributed by atoms with E-state index in [2.05, 4.69) is 9.88 Å². The molecule has 1 saturated heterocycles. The molecule has 104 valence electrons. The van der Waals surface area contributed by atoms with Crippen molar-refractivity contribution in [2.24, 2.45) is 0 Å². The maximum absolute atomic E-state index is 11.3. The number of hydrogen-bond acceptors (Lipinski definition) is 4. The molecule has 5 nitrogen and oxygen atoms in total. The van der Waals surface area contributed by atoms with Gasteiger partial charge in [0.1, 0.15) is 5.82 Å². The highest BCUT2D eigenvalue weighted by molar-refractivity contribution is 5.73. The number of amides is 1. The van der Waals surface area contributed by atoms with Gasteiger partial charge < -0.3 is 14.9 Å². The summed E-state index contributed by atoms with van der Waals surface area (Å²) >= 11 is 0. The summed E-state index contributed by atoms with van der Waals surface area (Å²) in [5.74, 6) is 1.05. The number of pyridine rings is 1. The molecule has 2 rings (SSSR count). The minimum absolute atomic E-state index is 0.133. The van der Waals surface area contributed by atoms with E-state index >= 15 is 0 Å². The minimum atomic E-state index is -0.434. The Hall–Kier alpha value is -1.62. The van der Waals surface area contributed by atoms with Crippen LogP contribution in [0, 0.1) is 0 Å². The quantitative estimate of drug-likeness (QED) is 0.890. The van der Waals surface area contributed by atoms with E-state index < -0.39 is 6.10 Å². The van der Waals surface area contributed by atoms with E-state index in [1.165, 1.54) is 0 Å². The predicted octanol–water partition coefficient (Wildman–Crippen LogP) is 1.19. The maximum atomic E-state index is 11.3. The fourth-order valence-electron chi connectivity index (χ4n) is 2.27. The van der Waals surface area contributed by atoms with Gasteiger partial charge in [-0.15, -0.1) is 0 Å². The normalized spacial score (nSPS) is 17.4. The van der Waals surface area contributed by atoms with Crippen molar-refractivity contribution in [2.45, 2.75) is 26.4 Å². The molecular weight excluding hydrogens is 242 g/mol. The number of aliphatic hydroxyl groups excluding tert-OH is 1. The molecule has 0 spiro atoms. The zero-order valence-electron chi connectivity index (χ0n) is 11.5. The summed E-state index contributed by atoms with van der Waals surface area (Å²) in [4.78, 5) is 19.7. The van der Waals surface area contributed by atoms with Crippen LogP contribution in [-0.4, -0.2) is 47.1 Å². The van der Waals surface area contributed by atoms with Crippen LogP contribution in [0.25, 0.3) is 0 Å². The summed E-state index contributed by atoms with van der Waals surface area (Å²) in [6.45, 7) is 6.66. The van der Waals surface area contributed by atoms with Gasteiger partial charge in [-0.1, -0.05) is 13.0 Å². The lowest BCUT2D eigenvalue weighted by Crippen LogP contribution is -2.48. The molecule has 2 heterocycles. The van der Waals surface area contributed by atoms with Crippen LogP contribution in [0.15, 0.2) is 18.3 Å². The Bertz CT molecular complexity index is 425. The molecule has 1 aromatic rings. The first-order chi connectivity index (χ1) is 9.11. The third kappa shape index (κ3) is 3.23. The number of piperazine rings is 1. The summed E-state index contributed by atoms with van der Waals surface area (Å²) in [6, 6.07) is 3.87. The second-order valence-corrected chi connectivity index (χ2v) is 4.87. The molecule has 0 aromatic carbocycles. The number of aliphatic hydroxyl groups is 1. The maximum Gasteiger partial charge on any atom is 0.219 e. The van der Waals surface area contributed by atoms with Crippen LogP contribution in [-0.2, 0) is 4.79 Å². The van der Waals surface area contributed by atoms with Crippen LogP contribution >= 0.6 is 0 Å². The van der Waals surface area contributed by atoms with Crippen molar-refractivity contribution >= 4 is 11.7 Å². The molecule has 0 radical (unpaired) electrons. The smallest absolute Gasteiger partial charge is 0.219 e. The van der Waals surface area contributed by atoms with Crippen LogP contribution in [0.3, 0.4) is 0 Å². The van der Waals surface area contributed by atoms with E-state index in [1.807, 2.05) is 24.0 Å². The van der Waals surface area contributed by atoms with E-state index in [0.717, 1.165) is 37.6 Å². The van der Waals surface area contributed by atoms with E-state index in [-0.39, 0.29) is 5.91 Å². The van der Waals surface area contributed by atoms with Crippen LogP contribution in [0.5, 0.6) is 0 Å². The van der Waals surface area contributed by atoms with Crippen molar-refractivity contribution < 1.29 is 9.90 Å². The number of aromatic nitrogens is 1. The van der Waals surface area contributed by atoms with Gasteiger partial charge >= 0.3 is 0 Å². The molecule has 1 amide bonds. The molecule has 1 fully saturated rings. The minimum Gasteiger partial charge on any atom is -0.388 e. The van der Waals surface area contributed by atoms with Gasteiger partial charge in [-0.25, -0.2) is 4.98 Å². The number of carbonyl (C=O) groups excluding carboxylic acids is 1. The summed E-state index contributed by atoms with van der Waals surface area (Å²) in [6.07, 6.45) is 2.00. The number of carbonyl (C=O) groups is 1. The molecule has 1 N–H and O–H groups in total. The van der Waals surface area contributed by atoms with Gasteiger partial charge in [-0.05, 0) is 18.1 Å². The summed E-state index contributed by atoms with van der Waals surface area (Å²) in [7, 11) is 0. The summed E-state index contributed by atoms with van der Waals surface area (Å²) in [5, 5.41) is 9.73. The van der Waals surface area contributed by atoms with Crippen molar-refractivity contribution in [3.05, 3.63) is 23.9 Å². The molecule has 1 aliphatic rings. The zero-order valence-corrected chi connectivity index (χ0v) is 11.5. The standard InChI is InChI=1S/C14H21N3O2/c1-3-13(19)12-4-5-14(15-10-12)17-8-6-16(7-9-17)11(2)18/h4-5,10,13,19H,3,6-9H2,1-2H3. The first-order valence-electron chi connectivity index (χ1n) is 6.76. The Morgan fingerprint density at radius 1 is 1.37 bits per heavy atom. The van der Waals surface area contributed by atoms with Crippen molar-refractivity contribution in [2.75, 3.05) is 31.1 Å². The SMILES string of the molecule is CCC(O)c1ccc(N2CCN(C(C)=O)CC2)nc1. The number of hydrogen-bond donors (Lipinski definition) is 1. The summed E-state index contributed by atoms with van der Waals surface area (Å²) < 4.78 is 0. The Morgan fingerprint density at radius 2 is 2.05 bits per heavy atom. The van der Waals surface area contributed by atoms with Gasteiger partial charge in [0, 0.05) is 39.3 Å². The zero-order chi connectivity index (χ0) is 13.8. The molecule has 1 aliphatic heterocycles. The van der Waals surface area contributed by atoms with Crippen LogP contribution in [0.4, 0.5) is 5.82 Å². The van der Waals surface area contributed by atoms with E-state index in [1.54, 1.807) is 13.1 Å². The van der Waals surface area contributed by atoms with E-state index in [0.29, 0.717) is 6.42 Å². The van der Waals surface area contributed by atoms with Gasteiger partial charge in [0.2, 0.25) is 5.91 Å². The molecule has 1 unspecified atom stereocenters. The Morgan fingerprint density at radius 3 is 2.53 bits per heavy atom. The monoisotopic (exact) mass is 263 g/mol. The third-order valence-electron chi connectivity index (χ3n) is 3.59. The fraction of sp³-hybridized carbons (Fsp3) is 0.571. The average molecular weight is 263 g/mol. The lowest BCUT2D eigenvalue weighted by Gasteiger charge is -2.35. The molecule has 0 aliphatic carbocycles. The second-order valence-electron chi connectivity index (χ2n) is 4.87. The summed E-state index contributed by atoms with van der Waals surface area (Å²) in [5.41, 5.74) is 0.855. The predicted molar refractivity (Wildman–Crippen MR) is 74.0 cm³/mol. The first-order valence-corrected chi connectivity index (χ1v) is 6.76. The molecule has 19 heavy (non-hydrogen) atoms. The molecule has 5 heteroatoms.